The zero-order valence-electron chi connectivity index (χ0n) is 13.5. The molecule has 0 aliphatic heterocycles. The van der Waals surface area contributed by atoms with Crippen molar-refractivity contribution in [3.8, 4) is 11.4 Å². The van der Waals surface area contributed by atoms with Crippen LogP contribution in [-0.4, -0.2) is 35.3 Å². The van der Waals surface area contributed by atoms with Gasteiger partial charge in [0.15, 0.2) is 0 Å². The Morgan fingerprint density at radius 3 is 2.92 bits per heavy atom. The van der Waals surface area contributed by atoms with E-state index in [0.717, 1.165) is 5.56 Å². The lowest BCUT2D eigenvalue weighted by molar-refractivity contribution is -0.131. The summed E-state index contributed by atoms with van der Waals surface area (Å²) < 4.78 is 10.6. The largest absolute Gasteiger partial charge is 0.368 e. The van der Waals surface area contributed by atoms with Crippen molar-refractivity contribution < 1.29 is 14.1 Å². The maximum Gasteiger partial charge on any atom is 0.248 e. The smallest absolute Gasteiger partial charge is 0.248 e. The molecule has 1 atom stereocenters. The minimum Gasteiger partial charge on any atom is -0.368 e. The number of nitrogens with zero attached hydrogens (tertiary/aromatic N) is 2. The summed E-state index contributed by atoms with van der Waals surface area (Å²) in [5.74, 6) is 0.783. The first kappa shape index (κ1) is 18.2. The minimum atomic E-state index is -0.503. The fraction of sp³-hybridized carbons (Fsp3) is 0.353. The van der Waals surface area contributed by atoms with Gasteiger partial charge in [-0.3, -0.25) is 4.79 Å². The third-order valence-electron chi connectivity index (χ3n) is 3.27. The van der Waals surface area contributed by atoms with E-state index in [2.05, 4.69) is 22.0 Å². The molecule has 0 fully saturated rings. The van der Waals surface area contributed by atoms with Crippen molar-refractivity contribution in [3.05, 3.63) is 47.8 Å². The summed E-state index contributed by atoms with van der Waals surface area (Å²) in [6.07, 6.45) is 2.41. The van der Waals surface area contributed by atoms with Crippen LogP contribution in [0.4, 0.5) is 0 Å². The summed E-state index contributed by atoms with van der Waals surface area (Å²) in [4.78, 5) is 16.1. The van der Waals surface area contributed by atoms with Crippen LogP contribution in [-0.2, 0) is 16.0 Å². The average Bonchev–Trinajstić information content (AvgIpc) is 3.04. The lowest BCUT2D eigenvalue weighted by atomic mass is 10.2. The van der Waals surface area contributed by atoms with E-state index in [4.69, 9.17) is 20.9 Å². The molecule has 6 nitrogen and oxygen atoms in total. The molecule has 7 heteroatoms. The molecule has 0 aliphatic carbocycles. The first-order valence-electron chi connectivity index (χ1n) is 7.69. The van der Waals surface area contributed by atoms with Crippen LogP contribution in [0.25, 0.3) is 11.4 Å². The van der Waals surface area contributed by atoms with Crippen LogP contribution >= 0.6 is 11.6 Å². The zero-order valence-corrected chi connectivity index (χ0v) is 14.3. The molecule has 1 N–H and O–H groups in total. The van der Waals surface area contributed by atoms with Crippen LogP contribution < -0.4 is 5.32 Å². The highest BCUT2D eigenvalue weighted by Gasteiger charge is 2.13. The van der Waals surface area contributed by atoms with Gasteiger partial charge in [0.05, 0.1) is 6.61 Å². The normalized spacial score (nSPS) is 11.9. The third kappa shape index (κ3) is 5.47. The molecule has 2 aromatic rings. The molecule has 0 radical (unpaired) electrons. The highest BCUT2D eigenvalue weighted by atomic mass is 35.5. The van der Waals surface area contributed by atoms with Crippen molar-refractivity contribution in [1.82, 2.24) is 15.5 Å². The SMILES string of the molecule is C=CCCOC(C)C(=O)NCCc1nc(-c2ccc(Cl)cc2)no1. The first-order valence-corrected chi connectivity index (χ1v) is 8.06. The highest BCUT2D eigenvalue weighted by molar-refractivity contribution is 6.30. The van der Waals surface area contributed by atoms with Crippen molar-refractivity contribution in [2.75, 3.05) is 13.2 Å². The second-order valence-corrected chi connectivity index (χ2v) is 5.59. The van der Waals surface area contributed by atoms with E-state index >= 15 is 0 Å². The van der Waals surface area contributed by atoms with Crippen molar-refractivity contribution in [2.45, 2.75) is 25.9 Å². The second-order valence-electron chi connectivity index (χ2n) is 5.15. The van der Waals surface area contributed by atoms with Crippen LogP contribution in [0, 0.1) is 0 Å². The molecule has 1 aromatic carbocycles. The number of hydrogen-bond acceptors (Lipinski definition) is 5. The van der Waals surface area contributed by atoms with E-state index in [1.807, 2.05) is 12.1 Å². The Bertz CT molecular complexity index is 670. The first-order chi connectivity index (χ1) is 11.6. The molecule has 1 unspecified atom stereocenters. The number of ether oxygens (including phenoxy) is 1. The van der Waals surface area contributed by atoms with Gasteiger partial charge in [0.1, 0.15) is 6.10 Å². The summed E-state index contributed by atoms with van der Waals surface area (Å²) in [6, 6.07) is 7.17. The quantitative estimate of drug-likeness (QED) is 0.556. The van der Waals surface area contributed by atoms with Gasteiger partial charge >= 0.3 is 0 Å². The topological polar surface area (TPSA) is 77.2 Å². The summed E-state index contributed by atoms with van der Waals surface area (Å²) in [5, 5.41) is 7.35. The summed E-state index contributed by atoms with van der Waals surface area (Å²) in [6.45, 7) is 6.19. The number of halogens is 1. The van der Waals surface area contributed by atoms with Gasteiger partial charge in [-0.1, -0.05) is 22.8 Å². The van der Waals surface area contributed by atoms with Gasteiger partial charge in [-0.15, -0.1) is 6.58 Å². The maximum atomic E-state index is 11.8. The number of nitrogens with one attached hydrogen (secondary N) is 1. The number of benzene rings is 1. The third-order valence-corrected chi connectivity index (χ3v) is 3.52. The van der Waals surface area contributed by atoms with Gasteiger partial charge in [0.2, 0.25) is 17.6 Å². The predicted octanol–water partition coefficient (Wildman–Crippen LogP) is 3.03. The van der Waals surface area contributed by atoms with E-state index in [-0.39, 0.29) is 5.91 Å². The van der Waals surface area contributed by atoms with Crippen molar-refractivity contribution in [1.29, 1.82) is 0 Å². The molecule has 1 heterocycles. The number of hydrogen-bond donors (Lipinski definition) is 1. The van der Waals surface area contributed by atoms with Gasteiger partial charge in [0.25, 0.3) is 0 Å². The molecular formula is C17H20ClN3O3. The minimum absolute atomic E-state index is 0.170. The Kier molecular flexibility index (Phi) is 6.96. The predicted molar refractivity (Wildman–Crippen MR) is 91.7 cm³/mol. The molecule has 0 spiro atoms. The van der Waals surface area contributed by atoms with Crippen LogP contribution in [0.15, 0.2) is 41.4 Å². The fourth-order valence-corrected chi connectivity index (χ4v) is 2.04. The average molecular weight is 350 g/mol. The Labute approximate surface area is 145 Å². The Balaban J connectivity index is 1.78. The van der Waals surface area contributed by atoms with Gasteiger partial charge < -0.3 is 14.6 Å². The molecule has 2 rings (SSSR count). The van der Waals surface area contributed by atoms with Crippen molar-refractivity contribution >= 4 is 17.5 Å². The van der Waals surface area contributed by atoms with Gasteiger partial charge in [-0.05, 0) is 37.6 Å². The highest BCUT2D eigenvalue weighted by Crippen LogP contribution is 2.18. The number of rotatable bonds is 9. The van der Waals surface area contributed by atoms with E-state index in [1.54, 1.807) is 25.1 Å². The molecule has 1 aromatic heterocycles. The Morgan fingerprint density at radius 1 is 1.46 bits per heavy atom. The van der Waals surface area contributed by atoms with Crippen LogP contribution in [0.5, 0.6) is 0 Å². The van der Waals surface area contributed by atoms with E-state index < -0.39 is 6.10 Å². The lowest BCUT2D eigenvalue weighted by Gasteiger charge is -2.12. The number of carbonyl (C=O) groups excluding carboxylic acids is 1. The van der Waals surface area contributed by atoms with Gasteiger partial charge in [-0.2, -0.15) is 4.98 Å². The lowest BCUT2D eigenvalue weighted by Crippen LogP contribution is -2.35. The molecule has 0 saturated heterocycles. The zero-order chi connectivity index (χ0) is 17.4. The number of amides is 1. The monoisotopic (exact) mass is 349 g/mol. The molecule has 128 valence electrons. The molecule has 0 bridgehead atoms. The molecule has 0 saturated carbocycles. The Morgan fingerprint density at radius 2 is 2.21 bits per heavy atom. The summed E-state index contributed by atoms with van der Waals surface area (Å²) in [5.41, 5.74) is 0.822. The molecule has 1 amide bonds. The Hall–Kier alpha value is -2.18. The number of carbonyl (C=O) groups is 1. The molecular weight excluding hydrogens is 330 g/mol. The van der Waals surface area contributed by atoms with Crippen molar-refractivity contribution in [2.24, 2.45) is 0 Å². The van der Waals surface area contributed by atoms with Gasteiger partial charge in [-0.25, -0.2) is 0 Å². The standard InChI is InChI=1S/C17H20ClN3O3/c1-3-4-11-23-12(2)17(22)19-10-9-15-20-16(21-24-15)13-5-7-14(18)8-6-13/h3,5-8,12H,1,4,9-11H2,2H3,(H,19,22). The van der Waals surface area contributed by atoms with Crippen LogP contribution in [0.2, 0.25) is 5.02 Å². The summed E-state index contributed by atoms with van der Waals surface area (Å²) in [7, 11) is 0. The van der Waals surface area contributed by atoms with E-state index in [0.29, 0.717) is 42.7 Å². The maximum absolute atomic E-state index is 11.8. The van der Waals surface area contributed by atoms with Gasteiger partial charge in [0, 0.05) is 23.6 Å². The summed E-state index contributed by atoms with van der Waals surface area (Å²) >= 11 is 5.85. The number of aromatic nitrogens is 2. The van der Waals surface area contributed by atoms with E-state index in [1.165, 1.54) is 0 Å². The van der Waals surface area contributed by atoms with E-state index in [9.17, 15) is 4.79 Å². The molecule has 24 heavy (non-hydrogen) atoms. The molecule has 0 aliphatic rings. The van der Waals surface area contributed by atoms with Crippen LogP contribution in [0.3, 0.4) is 0 Å². The fourth-order valence-electron chi connectivity index (χ4n) is 1.91. The second kappa shape index (κ2) is 9.20. The van der Waals surface area contributed by atoms with Crippen molar-refractivity contribution in [3.63, 3.8) is 0 Å². The van der Waals surface area contributed by atoms with Crippen LogP contribution in [0.1, 0.15) is 19.2 Å².